The van der Waals surface area contributed by atoms with Crippen molar-refractivity contribution in [1.29, 1.82) is 0 Å². The van der Waals surface area contributed by atoms with Crippen LogP contribution in [-0.4, -0.2) is 6.54 Å². The van der Waals surface area contributed by atoms with Crippen molar-refractivity contribution >= 4 is 0 Å². The van der Waals surface area contributed by atoms with E-state index >= 15 is 0 Å². The fourth-order valence-corrected chi connectivity index (χ4v) is 1.64. The Balaban J connectivity index is 2.23. The maximum Gasteiger partial charge on any atom is 0.140 e. The highest BCUT2D eigenvalue weighted by Gasteiger charge is 2.55. The normalized spacial score (nSPS) is 33.3. The van der Waals surface area contributed by atoms with Crippen LogP contribution in [0.5, 0.6) is 0 Å². The van der Waals surface area contributed by atoms with Gasteiger partial charge < -0.3 is 5.73 Å². The summed E-state index contributed by atoms with van der Waals surface area (Å²) < 4.78 is 13.8. The largest absolute Gasteiger partial charge is 0.330 e. The molecule has 2 rings (SSSR count). The maximum absolute atomic E-state index is 13.8. The zero-order chi connectivity index (χ0) is 8.60. The van der Waals surface area contributed by atoms with Crippen LogP contribution >= 0.6 is 0 Å². The van der Waals surface area contributed by atoms with Crippen LogP contribution in [0, 0.1) is 5.92 Å². The first-order chi connectivity index (χ1) is 5.77. The summed E-state index contributed by atoms with van der Waals surface area (Å²) in [6.07, 6.45) is 0.591. The Labute approximate surface area is 71.4 Å². The van der Waals surface area contributed by atoms with E-state index in [4.69, 9.17) is 5.73 Å². The molecule has 1 aromatic carbocycles. The van der Waals surface area contributed by atoms with Crippen molar-refractivity contribution < 1.29 is 4.39 Å². The molecule has 2 heteroatoms. The molecule has 1 saturated carbocycles. The lowest BCUT2D eigenvalue weighted by atomic mass is 10.1. The minimum atomic E-state index is -1.12. The molecule has 1 fully saturated rings. The quantitative estimate of drug-likeness (QED) is 0.710. The second-order valence-electron chi connectivity index (χ2n) is 3.37. The van der Waals surface area contributed by atoms with Gasteiger partial charge in [-0.05, 0) is 18.5 Å². The molecule has 0 bridgehead atoms. The van der Waals surface area contributed by atoms with Crippen molar-refractivity contribution in [2.75, 3.05) is 6.54 Å². The Morgan fingerprint density at radius 1 is 1.42 bits per heavy atom. The maximum atomic E-state index is 13.8. The number of rotatable bonds is 2. The number of hydrogen-bond donors (Lipinski definition) is 1. The van der Waals surface area contributed by atoms with Gasteiger partial charge in [0.25, 0.3) is 0 Å². The van der Waals surface area contributed by atoms with Gasteiger partial charge in [0.1, 0.15) is 5.67 Å². The van der Waals surface area contributed by atoms with Gasteiger partial charge in [-0.2, -0.15) is 0 Å². The van der Waals surface area contributed by atoms with Gasteiger partial charge >= 0.3 is 0 Å². The molecular formula is C10H12FN. The molecule has 0 saturated heterocycles. The van der Waals surface area contributed by atoms with Crippen LogP contribution in [0.25, 0.3) is 0 Å². The van der Waals surface area contributed by atoms with Gasteiger partial charge in [-0.3, -0.25) is 0 Å². The highest BCUT2D eigenvalue weighted by molar-refractivity contribution is 5.29. The summed E-state index contributed by atoms with van der Waals surface area (Å²) in [5.74, 6) is 0.0416. The van der Waals surface area contributed by atoms with Crippen LogP contribution in [0.15, 0.2) is 30.3 Å². The number of nitrogens with two attached hydrogens (primary N) is 1. The van der Waals surface area contributed by atoms with Gasteiger partial charge in [0, 0.05) is 5.92 Å². The molecule has 0 aromatic heterocycles. The Morgan fingerprint density at radius 2 is 2.08 bits per heavy atom. The second kappa shape index (κ2) is 2.56. The van der Waals surface area contributed by atoms with Crippen molar-refractivity contribution in [1.82, 2.24) is 0 Å². The van der Waals surface area contributed by atoms with Gasteiger partial charge in [-0.1, -0.05) is 30.3 Å². The van der Waals surface area contributed by atoms with Crippen LogP contribution in [0.2, 0.25) is 0 Å². The van der Waals surface area contributed by atoms with Crippen molar-refractivity contribution in [3.05, 3.63) is 35.9 Å². The highest BCUT2D eigenvalue weighted by atomic mass is 19.1. The fourth-order valence-electron chi connectivity index (χ4n) is 1.64. The molecule has 0 amide bonds. The lowest BCUT2D eigenvalue weighted by Gasteiger charge is -2.05. The zero-order valence-electron chi connectivity index (χ0n) is 6.83. The van der Waals surface area contributed by atoms with E-state index in [1.54, 1.807) is 0 Å². The zero-order valence-corrected chi connectivity index (χ0v) is 6.83. The van der Waals surface area contributed by atoms with Gasteiger partial charge in [0.05, 0.1) is 0 Å². The van der Waals surface area contributed by atoms with Crippen LogP contribution in [0.1, 0.15) is 12.0 Å². The Bertz CT molecular complexity index is 272. The molecular weight excluding hydrogens is 153 g/mol. The summed E-state index contributed by atoms with van der Waals surface area (Å²) in [5.41, 5.74) is 5.07. The van der Waals surface area contributed by atoms with E-state index in [0.29, 0.717) is 13.0 Å². The van der Waals surface area contributed by atoms with E-state index in [1.165, 1.54) is 0 Å². The fraction of sp³-hybridized carbons (Fsp3) is 0.400. The summed E-state index contributed by atoms with van der Waals surface area (Å²) in [7, 11) is 0. The number of benzene rings is 1. The van der Waals surface area contributed by atoms with E-state index in [1.807, 2.05) is 30.3 Å². The standard InChI is InChI=1S/C10H12FN/c11-10(6-9(10)7-12)8-4-2-1-3-5-8/h1-5,9H,6-7,12H2/t9-,10-/m0/s1. The summed E-state index contributed by atoms with van der Waals surface area (Å²) in [5, 5.41) is 0. The van der Waals surface area contributed by atoms with Gasteiger partial charge in [0.15, 0.2) is 0 Å². The number of alkyl halides is 1. The van der Waals surface area contributed by atoms with Gasteiger partial charge in [0.2, 0.25) is 0 Å². The molecule has 1 aromatic rings. The first kappa shape index (κ1) is 7.74. The minimum absolute atomic E-state index is 0.0416. The number of halogens is 1. The van der Waals surface area contributed by atoms with Crippen molar-refractivity contribution in [2.24, 2.45) is 11.7 Å². The molecule has 0 aliphatic heterocycles. The highest BCUT2D eigenvalue weighted by Crippen LogP contribution is 2.54. The Kier molecular flexibility index (Phi) is 1.65. The third-order valence-corrected chi connectivity index (χ3v) is 2.57. The molecule has 0 heterocycles. The minimum Gasteiger partial charge on any atom is -0.330 e. The van der Waals surface area contributed by atoms with Crippen LogP contribution in [0.3, 0.4) is 0 Å². The number of hydrogen-bond acceptors (Lipinski definition) is 1. The van der Waals surface area contributed by atoms with E-state index in [2.05, 4.69) is 0 Å². The van der Waals surface area contributed by atoms with Crippen molar-refractivity contribution in [3.63, 3.8) is 0 Å². The van der Waals surface area contributed by atoms with Crippen molar-refractivity contribution in [2.45, 2.75) is 12.1 Å². The SMILES string of the molecule is NC[C@@H]1C[C@]1(F)c1ccccc1. The summed E-state index contributed by atoms with van der Waals surface area (Å²) >= 11 is 0. The molecule has 1 nitrogen and oxygen atoms in total. The average Bonchev–Trinajstić information content (AvgIpc) is 2.81. The summed E-state index contributed by atoms with van der Waals surface area (Å²) in [6, 6.07) is 9.28. The molecule has 12 heavy (non-hydrogen) atoms. The second-order valence-corrected chi connectivity index (χ2v) is 3.37. The molecule has 1 aliphatic rings. The lowest BCUT2D eigenvalue weighted by molar-refractivity contribution is 0.288. The Morgan fingerprint density at radius 3 is 2.58 bits per heavy atom. The predicted octanol–water partition coefficient (Wildman–Crippen LogP) is 1.83. The Hall–Kier alpha value is -0.890. The molecule has 2 N–H and O–H groups in total. The smallest absolute Gasteiger partial charge is 0.140 e. The van der Waals surface area contributed by atoms with E-state index < -0.39 is 5.67 Å². The summed E-state index contributed by atoms with van der Waals surface area (Å²) in [6.45, 7) is 0.450. The van der Waals surface area contributed by atoms with Crippen LogP contribution < -0.4 is 5.73 Å². The molecule has 0 radical (unpaired) electrons. The molecule has 1 aliphatic carbocycles. The van der Waals surface area contributed by atoms with Crippen LogP contribution in [-0.2, 0) is 5.67 Å². The molecule has 0 spiro atoms. The molecule has 0 unspecified atom stereocenters. The first-order valence-corrected chi connectivity index (χ1v) is 4.22. The van der Waals surface area contributed by atoms with E-state index in [9.17, 15) is 4.39 Å². The van der Waals surface area contributed by atoms with E-state index in [0.717, 1.165) is 5.56 Å². The predicted molar refractivity (Wildman–Crippen MR) is 46.4 cm³/mol. The summed E-state index contributed by atoms with van der Waals surface area (Å²) in [4.78, 5) is 0. The van der Waals surface area contributed by atoms with Gasteiger partial charge in [-0.25, -0.2) is 4.39 Å². The topological polar surface area (TPSA) is 26.0 Å². The first-order valence-electron chi connectivity index (χ1n) is 4.22. The van der Waals surface area contributed by atoms with Gasteiger partial charge in [-0.15, -0.1) is 0 Å². The monoisotopic (exact) mass is 165 g/mol. The third kappa shape index (κ3) is 1.03. The average molecular weight is 165 g/mol. The lowest BCUT2D eigenvalue weighted by Crippen LogP contribution is -2.10. The van der Waals surface area contributed by atoms with Crippen molar-refractivity contribution in [3.8, 4) is 0 Å². The third-order valence-electron chi connectivity index (χ3n) is 2.57. The molecule has 64 valence electrons. The van der Waals surface area contributed by atoms with E-state index in [-0.39, 0.29) is 5.92 Å². The van der Waals surface area contributed by atoms with Crippen LogP contribution in [0.4, 0.5) is 4.39 Å². The molecule has 2 atom stereocenters.